The first kappa shape index (κ1) is 13.1. The summed E-state index contributed by atoms with van der Waals surface area (Å²) in [5.41, 5.74) is -0.658. The Balaban J connectivity index is 1.84. The number of hydrogen-bond donors (Lipinski definition) is 1. The fourth-order valence-electron chi connectivity index (χ4n) is 3.08. The number of carbonyl (C=O) groups excluding carboxylic acids is 1. The average Bonchev–Trinajstić information content (AvgIpc) is 3.02. The molecule has 0 aromatic carbocycles. The highest BCUT2D eigenvalue weighted by Gasteiger charge is 2.55. The first-order valence-corrected chi connectivity index (χ1v) is 6.57. The molecule has 0 radical (unpaired) electrons. The van der Waals surface area contributed by atoms with Crippen molar-refractivity contribution >= 4 is 11.9 Å². The van der Waals surface area contributed by atoms with Gasteiger partial charge in [-0.25, -0.2) is 0 Å². The van der Waals surface area contributed by atoms with Gasteiger partial charge < -0.3 is 19.3 Å². The van der Waals surface area contributed by atoms with E-state index in [1.54, 1.807) is 17.9 Å². The lowest BCUT2D eigenvalue weighted by atomic mass is 9.74. The van der Waals surface area contributed by atoms with Gasteiger partial charge in [0.1, 0.15) is 5.76 Å². The summed E-state index contributed by atoms with van der Waals surface area (Å²) < 4.78 is 10.3. The van der Waals surface area contributed by atoms with E-state index in [1.807, 2.05) is 0 Å². The normalized spacial score (nSPS) is 29.2. The highest BCUT2D eigenvalue weighted by molar-refractivity contribution is 5.93. The highest BCUT2D eigenvalue weighted by Crippen LogP contribution is 2.42. The standard InChI is InChI=1S/C13H16N2O5/c1-8-4-10(14-20-8)11(16)15-5-9-6-19-3-2-13(9,7-15)12(17)18/h4,9H,2-3,5-7H2,1H3,(H,17,18)/t9-,13+/m0/s1. The predicted octanol–water partition coefficient (Wildman–Crippen LogP) is 0.546. The summed E-state index contributed by atoms with van der Waals surface area (Å²) in [5.74, 6) is -0.735. The van der Waals surface area contributed by atoms with E-state index in [0.717, 1.165) is 0 Å². The number of nitrogens with zero attached hydrogens (tertiary/aromatic N) is 2. The molecule has 108 valence electrons. The number of likely N-dealkylation sites (tertiary alicyclic amines) is 1. The van der Waals surface area contributed by atoms with E-state index < -0.39 is 11.4 Å². The molecule has 0 unspecified atom stereocenters. The summed E-state index contributed by atoms with van der Waals surface area (Å²) in [6.07, 6.45) is 0.439. The molecular weight excluding hydrogens is 264 g/mol. The molecule has 3 heterocycles. The number of carbonyl (C=O) groups is 2. The number of hydrogen-bond acceptors (Lipinski definition) is 5. The summed E-state index contributed by atoms with van der Waals surface area (Å²) in [6, 6.07) is 1.56. The lowest BCUT2D eigenvalue weighted by molar-refractivity contribution is -0.157. The van der Waals surface area contributed by atoms with Crippen LogP contribution in [0, 0.1) is 18.3 Å². The topological polar surface area (TPSA) is 92.9 Å². The van der Waals surface area contributed by atoms with Crippen LogP contribution in [-0.2, 0) is 9.53 Å². The minimum atomic E-state index is -0.882. The van der Waals surface area contributed by atoms with Gasteiger partial charge in [-0.2, -0.15) is 0 Å². The third kappa shape index (κ3) is 1.89. The molecule has 2 atom stereocenters. The number of aryl methyl sites for hydroxylation is 1. The van der Waals surface area contributed by atoms with Crippen LogP contribution < -0.4 is 0 Å². The Morgan fingerprint density at radius 1 is 1.55 bits per heavy atom. The predicted molar refractivity (Wildman–Crippen MR) is 66.1 cm³/mol. The molecule has 1 amide bonds. The Labute approximate surface area is 115 Å². The number of ether oxygens (including phenoxy) is 1. The molecule has 20 heavy (non-hydrogen) atoms. The number of fused-ring (bicyclic) bond motifs is 1. The van der Waals surface area contributed by atoms with Gasteiger partial charge in [-0.05, 0) is 13.3 Å². The van der Waals surface area contributed by atoms with Crippen molar-refractivity contribution in [2.45, 2.75) is 13.3 Å². The van der Waals surface area contributed by atoms with Crippen molar-refractivity contribution in [1.29, 1.82) is 0 Å². The fraction of sp³-hybridized carbons (Fsp3) is 0.615. The van der Waals surface area contributed by atoms with Gasteiger partial charge in [-0.15, -0.1) is 0 Å². The van der Waals surface area contributed by atoms with Crippen LogP contribution in [0.1, 0.15) is 22.7 Å². The monoisotopic (exact) mass is 280 g/mol. The second-order valence-corrected chi connectivity index (χ2v) is 5.49. The number of rotatable bonds is 2. The summed E-state index contributed by atoms with van der Waals surface area (Å²) in [4.78, 5) is 25.5. The molecule has 0 bridgehead atoms. The van der Waals surface area contributed by atoms with Crippen LogP contribution in [0.4, 0.5) is 0 Å². The zero-order valence-electron chi connectivity index (χ0n) is 11.2. The van der Waals surface area contributed by atoms with E-state index in [0.29, 0.717) is 31.9 Å². The lowest BCUT2D eigenvalue weighted by Gasteiger charge is -2.33. The minimum Gasteiger partial charge on any atom is -0.481 e. The molecule has 0 saturated carbocycles. The molecule has 1 aromatic heterocycles. The molecule has 1 N–H and O–H groups in total. The van der Waals surface area contributed by atoms with Gasteiger partial charge in [0.15, 0.2) is 5.69 Å². The smallest absolute Gasteiger partial charge is 0.311 e. The molecule has 0 aliphatic carbocycles. The number of aliphatic carboxylic acids is 1. The maximum absolute atomic E-state index is 12.3. The van der Waals surface area contributed by atoms with Gasteiger partial charge in [-0.3, -0.25) is 9.59 Å². The lowest BCUT2D eigenvalue weighted by Crippen LogP contribution is -2.45. The van der Waals surface area contributed by atoms with E-state index in [9.17, 15) is 14.7 Å². The Bertz CT molecular complexity index is 555. The van der Waals surface area contributed by atoms with Crippen LogP contribution in [0.25, 0.3) is 0 Å². The van der Waals surface area contributed by atoms with E-state index in [1.165, 1.54) is 0 Å². The zero-order valence-corrected chi connectivity index (χ0v) is 11.2. The minimum absolute atomic E-state index is 0.161. The maximum Gasteiger partial charge on any atom is 0.311 e. The van der Waals surface area contributed by atoms with Crippen molar-refractivity contribution in [3.05, 3.63) is 17.5 Å². The van der Waals surface area contributed by atoms with Crippen molar-refractivity contribution < 1.29 is 24.0 Å². The van der Waals surface area contributed by atoms with E-state index in [-0.39, 0.29) is 24.1 Å². The number of aromatic nitrogens is 1. The van der Waals surface area contributed by atoms with Crippen molar-refractivity contribution in [1.82, 2.24) is 10.1 Å². The molecule has 2 fully saturated rings. The maximum atomic E-state index is 12.3. The van der Waals surface area contributed by atoms with Crippen molar-refractivity contribution in [2.24, 2.45) is 11.3 Å². The van der Waals surface area contributed by atoms with Gasteiger partial charge in [0, 0.05) is 31.7 Å². The molecule has 2 aliphatic rings. The van der Waals surface area contributed by atoms with Crippen LogP contribution in [0.3, 0.4) is 0 Å². The molecule has 1 aromatic rings. The third-order valence-electron chi connectivity index (χ3n) is 4.27. The Morgan fingerprint density at radius 3 is 2.95 bits per heavy atom. The van der Waals surface area contributed by atoms with Crippen LogP contribution in [-0.4, -0.2) is 53.3 Å². The number of carboxylic acid groups (broad SMARTS) is 1. The largest absolute Gasteiger partial charge is 0.481 e. The summed E-state index contributed by atoms with van der Waals surface area (Å²) >= 11 is 0. The Morgan fingerprint density at radius 2 is 2.35 bits per heavy atom. The number of carboxylic acids is 1. The molecule has 2 aliphatic heterocycles. The van der Waals surface area contributed by atoms with E-state index in [2.05, 4.69) is 5.16 Å². The third-order valence-corrected chi connectivity index (χ3v) is 4.27. The summed E-state index contributed by atoms with van der Waals surface area (Å²) in [6.45, 7) is 3.11. The van der Waals surface area contributed by atoms with Crippen molar-refractivity contribution in [2.75, 3.05) is 26.3 Å². The van der Waals surface area contributed by atoms with Crippen molar-refractivity contribution in [3.8, 4) is 0 Å². The first-order chi connectivity index (χ1) is 9.53. The SMILES string of the molecule is Cc1cc(C(=O)N2C[C@H]3COCC[C@@]3(C(=O)O)C2)no1. The van der Waals surface area contributed by atoms with Crippen LogP contribution in [0.15, 0.2) is 10.6 Å². The van der Waals surface area contributed by atoms with Gasteiger partial charge in [0.05, 0.1) is 12.0 Å². The van der Waals surface area contributed by atoms with Gasteiger partial charge in [0.25, 0.3) is 5.91 Å². The second-order valence-electron chi connectivity index (χ2n) is 5.49. The van der Waals surface area contributed by atoms with Gasteiger partial charge in [-0.1, -0.05) is 5.16 Å². The highest BCUT2D eigenvalue weighted by atomic mass is 16.5. The fourth-order valence-corrected chi connectivity index (χ4v) is 3.08. The molecule has 2 saturated heterocycles. The van der Waals surface area contributed by atoms with Crippen LogP contribution in [0.2, 0.25) is 0 Å². The van der Waals surface area contributed by atoms with Crippen LogP contribution >= 0.6 is 0 Å². The van der Waals surface area contributed by atoms with E-state index in [4.69, 9.17) is 9.26 Å². The molecule has 7 nitrogen and oxygen atoms in total. The average molecular weight is 280 g/mol. The second kappa shape index (κ2) is 4.59. The van der Waals surface area contributed by atoms with Crippen molar-refractivity contribution in [3.63, 3.8) is 0 Å². The van der Waals surface area contributed by atoms with Gasteiger partial charge >= 0.3 is 5.97 Å². The Hall–Kier alpha value is -1.89. The molecule has 0 spiro atoms. The number of amides is 1. The zero-order chi connectivity index (χ0) is 14.3. The summed E-state index contributed by atoms with van der Waals surface area (Å²) in [5, 5.41) is 13.2. The molecular formula is C13H16N2O5. The summed E-state index contributed by atoms with van der Waals surface area (Å²) in [7, 11) is 0. The van der Waals surface area contributed by atoms with Gasteiger partial charge in [0.2, 0.25) is 0 Å². The van der Waals surface area contributed by atoms with Crippen LogP contribution in [0.5, 0.6) is 0 Å². The first-order valence-electron chi connectivity index (χ1n) is 6.57. The quantitative estimate of drug-likeness (QED) is 0.850. The molecule has 7 heteroatoms. The van der Waals surface area contributed by atoms with E-state index >= 15 is 0 Å². The Kier molecular flexibility index (Phi) is 3.01. The molecule has 3 rings (SSSR count).